The molecule has 6 heteroatoms. The van der Waals surface area contributed by atoms with E-state index >= 15 is 0 Å². The maximum atomic E-state index is 5.10. The molecule has 0 aliphatic heterocycles. The summed E-state index contributed by atoms with van der Waals surface area (Å²) in [4.78, 5) is 8.27. The fraction of sp³-hybridized carbons (Fsp3) is 0.444. The summed E-state index contributed by atoms with van der Waals surface area (Å²) in [5.74, 6) is 1.22. The average molecular weight is 207 g/mol. The lowest BCUT2D eigenvalue weighted by molar-refractivity contribution is 0.377. The van der Waals surface area contributed by atoms with Gasteiger partial charge in [-0.2, -0.15) is 4.98 Å². The first kappa shape index (κ1) is 9.85. The van der Waals surface area contributed by atoms with Crippen LogP contribution in [0.2, 0.25) is 0 Å². The van der Waals surface area contributed by atoms with E-state index in [1.54, 1.807) is 12.5 Å². The third-order valence-electron chi connectivity index (χ3n) is 2.10. The zero-order chi connectivity index (χ0) is 10.7. The molecule has 1 N–H and O–H groups in total. The number of hydrogen-bond acceptors (Lipinski definition) is 5. The summed E-state index contributed by atoms with van der Waals surface area (Å²) in [5, 5.41) is 6.92. The average Bonchev–Trinajstić information content (AvgIpc) is 2.83. The third kappa shape index (κ3) is 2.04. The van der Waals surface area contributed by atoms with Crippen molar-refractivity contribution in [1.82, 2.24) is 25.0 Å². The van der Waals surface area contributed by atoms with Gasteiger partial charge in [-0.15, -0.1) is 0 Å². The minimum atomic E-state index is 0.584. The molecule has 0 radical (unpaired) electrons. The molecule has 15 heavy (non-hydrogen) atoms. The first-order chi connectivity index (χ1) is 7.31. The van der Waals surface area contributed by atoms with E-state index in [2.05, 4.69) is 20.4 Å². The summed E-state index contributed by atoms with van der Waals surface area (Å²) in [6.07, 6.45) is 4.16. The van der Waals surface area contributed by atoms with E-state index in [0.29, 0.717) is 11.7 Å². The molecular formula is C9H13N5O. The van der Waals surface area contributed by atoms with E-state index in [-0.39, 0.29) is 0 Å². The Morgan fingerprint density at radius 2 is 2.40 bits per heavy atom. The van der Waals surface area contributed by atoms with E-state index < -0.39 is 0 Å². The number of likely N-dealkylation sites (N-methyl/N-ethyl adjacent to an activating group) is 1. The van der Waals surface area contributed by atoms with Crippen molar-refractivity contribution in [2.24, 2.45) is 7.05 Å². The maximum Gasteiger partial charge on any atom is 0.228 e. The molecule has 0 aliphatic rings. The summed E-state index contributed by atoms with van der Waals surface area (Å²) in [5.41, 5.74) is 0.856. The summed E-state index contributed by atoms with van der Waals surface area (Å²) >= 11 is 0. The van der Waals surface area contributed by atoms with Crippen LogP contribution in [0.1, 0.15) is 5.89 Å². The molecule has 2 heterocycles. The van der Waals surface area contributed by atoms with Crippen LogP contribution in [0.4, 0.5) is 0 Å². The van der Waals surface area contributed by atoms with Gasteiger partial charge in [-0.1, -0.05) is 5.16 Å². The Bertz CT molecular complexity index is 433. The van der Waals surface area contributed by atoms with Crippen LogP contribution in [0, 0.1) is 0 Å². The quantitative estimate of drug-likeness (QED) is 0.777. The highest BCUT2D eigenvalue weighted by molar-refractivity contribution is 5.46. The molecule has 0 atom stereocenters. The lowest BCUT2D eigenvalue weighted by Crippen LogP contribution is -2.10. The van der Waals surface area contributed by atoms with Gasteiger partial charge < -0.3 is 14.4 Å². The van der Waals surface area contributed by atoms with Gasteiger partial charge in [-0.05, 0) is 7.05 Å². The van der Waals surface area contributed by atoms with E-state index in [1.165, 1.54) is 0 Å². The lowest BCUT2D eigenvalue weighted by Gasteiger charge is -1.93. The lowest BCUT2D eigenvalue weighted by atomic mass is 10.4. The fourth-order valence-corrected chi connectivity index (χ4v) is 1.27. The standard InChI is InChI=1S/C9H13N5O/c1-10-4-3-8-12-9(13-15-8)7-5-11-6-14(7)2/h5-6,10H,3-4H2,1-2H3. The fourth-order valence-electron chi connectivity index (χ4n) is 1.27. The number of aromatic nitrogens is 4. The molecule has 0 spiro atoms. The molecule has 80 valence electrons. The first-order valence-electron chi connectivity index (χ1n) is 4.75. The minimum absolute atomic E-state index is 0.584. The first-order valence-corrected chi connectivity index (χ1v) is 4.75. The highest BCUT2D eigenvalue weighted by atomic mass is 16.5. The monoisotopic (exact) mass is 207 g/mol. The second-order valence-electron chi connectivity index (χ2n) is 3.26. The van der Waals surface area contributed by atoms with Crippen LogP contribution in [0.25, 0.3) is 11.5 Å². The molecule has 6 nitrogen and oxygen atoms in total. The van der Waals surface area contributed by atoms with Gasteiger partial charge in [-0.25, -0.2) is 4.98 Å². The third-order valence-corrected chi connectivity index (χ3v) is 2.10. The van der Waals surface area contributed by atoms with Gasteiger partial charge in [0.2, 0.25) is 11.7 Å². The molecule has 0 aliphatic carbocycles. The van der Waals surface area contributed by atoms with Crippen molar-refractivity contribution < 1.29 is 4.52 Å². The van der Waals surface area contributed by atoms with Crippen LogP contribution in [-0.4, -0.2) is 33.3 Å². The van der Waals surface area contributed by atoms with Gasteiger partial charge in [0.1, 0.15) is 5.69 Å². The summed E-state index contributed by atoms with van der Waals surface area (Å²) in [7, 11) is 3.78. The molecule has 2 aromatic rings. The molecule has 0 saturated carbocycles. The Kier molecular flexibility index (Phi) is 2.77. The summed E-state index contributed by atoms with van der Waals surface area (Å²) in [6.45, 7) is 0.826. The van der Waals surface area contributed by atoms with Crippen molar-refractivity contribution in [3.05, 3.63) is 18.4 Å². The summed E-state index contributed by atoms with van der Waals surface area (Å²) in [6, 6.07) is 0. The van der Waals surface area contributed by atoms with Crippen molar-refractivity contribution in [3.8, 4) is 11.5 Å². The Morgan fingerprint density at radius 1 is 1.53 bits per heavy atom. The highest BCUT2D eigenvalue weighted by Gasteiger charge is 2.10. The minimum Gasteiger partial charge on any atom is -0.339 e. The van der Waals surface area contributed by atoms with Gasteiger partial charge in [0.05, 0.1) is 12.5 Å². The second-order valence-corrected chi connectivity index (χ2v) is 3.26. The van der Waals surface area contributed by atoms with Crippen molar-refractivity contribution >= 4 is 0 Å². The molecule has 0 saturated heterocycles. The number of imidazole rings is 1. The van der Waals surface area contributed by atoms with E-state index in [9.17, 15) is 0 Å². The normalized spacial score (nSPS) is 10.8. The molecule has 2 rings (SSSR count). The Hall–Kier alpha value is -1.69. The van der Waals surface area contributed by atoms with Crippen LogP contribution < -0.4 is 5.32 Å². The van der Waals surface area contributed by atoms with Crippen molar-refractivity contribution in [3.63, 3.8) is 0 Å². The predicted molar refractivity (Wildman–Crippen MR) is 54.1 cm³/mol. The number of hydrogen-bond donors (Lipinski definition) is 1. The van der Waals surface area contributed by atoms with Crippen LogP contribution in [-0.2, 0) is 13.5 Å². The van der Waals surface area contributed by atoms with Crippen LogP contribution in [0.3, 0.4) is 0 Å². The van der Waals surface area contributed by atoms with Gasteiger partial charge in [0.25, 0.3) is 0 Å². The molecule has 0 aromatic carbocycles. The highest BCUT2D eigenvalue weighted by Crippen LogP contribution is 2.13. The zero-order valence-electron chi connectivity index (χ0n) is 8.77. The van der Waals surface area contributed by atoms with Gasteiger partial charge in [0, 0.05) is 20.0 Å². The molecule has 0 amide bonds. The Balaban J connectivity index is 2.17. The SMILES string of the molecule is CNCCc1nc(-c2cncn2C)no1. The summed E-state index contributed by atoms with van der Waals surface area (Å²) < 4.78 is 6.96. The maximum absolute atomic E-state index is 5.10. The molecule has 2 aromatic heterocycles. The smallest absolute Gasteiger partial charge is 0.228 e. The van der Waals surface area contributed by atoms with Crippen LogP contribution >= 0.6 is 0 Å². The van der Waals surface area contributed by atoms with Crippen LogP contribution in [0.15, 0.2) is 17.0 Å². The largest absolute Gasteiger partial charge is 0.339 e. The molecule has 0 unspecified atom stereocenters. The topological polar surface area (TPSA) is 68.8 Å². The van der Waals surface area contributed by atoms with Gasteiger partial charge >= 0.3 is 0 Å². The number of nitrogens with zero attached hydrogens (tertiary/aromatic N) is 4. The Morgan fingerprint density at radius 3 is 3.07 bits per heavy atom. The predicted octanol–water partition coefficient (Wildman–Crippen LogP) is 0.232. The second kappa shape index (κ2) is 4.22. The van der Waals surface area contributed by atoms with E-state index in [4.69, 9.17) is 4.52 Å². The van der Waals surface area contributed by atoms with Crippen molar-refractivity contribution in [2.45, 2.75) is 6.42 Å². The van der Waals surface area contributed by atoms with Crippen molar-refractivity contribution in [1.29, 1.82) is 0 Å². The van der Waals surface area contributed by atoms with Crippen molar-refractivity contribution in [2.75, 3.05) is 13.6 Å². The van der Waals surface area contributed by atoms with E-state index in [0.717, 1.165) is 18.7 Å². The number of nitrogens with one attached hydrogen (secondary N) is 1. The van der Waals surface area contributed by atoms with Gasteiger partial charge in [0.15, 0.2) is 0 Å². The Labute approximate surface area is 87.3 Å². The number of aryl methyl sites for hydroxylation is 1. The zero-order valence-corrected chi connectivity index (χ0v) is 8.77. The molecular weight excluding hydrogens is 194 g/mol. The molecule has 0 bridgehead atoms. The van der Waals surface area contributed by atoms with Crippen LogP contribution in [0.5, 0.6) is 0 Å². The van der Waals surface area contributed by atoms with E-state index in [1.807, 2.05) is 18.7 Å². The number of rotatable bonds is 4. The molecule has 0 fully saturated rings. The van der Waals surface area contributed by atoms with Gasteiger partial charge in [-0.3, -0.25) is 0 Å².